The molecule has 0 aromatic carbocycles. The molecular weight excluding hydrogens is 204 g/mol. The van der Waals surface area contributed by atoms with Gasteiger partial charge in [0, 0.05) is 0 Å². The predicted octanol–water partition coefficient (Wildman–Crippen LogP) is 5.69. The Hall–Kier alpha value is -1.04. The van der Waals surface area contributed by atoms with E-state index in [1.165, 1.54) is 24.0 Å². The molecule has 0 bridgehead atoms. The van der Waals surface area contributed by atoms with Gasteiger partial charge in [-0.3, -0.25) is 0 Å². The summed E-state index contributed by atoms with van der Waals surface area (Å²) in [5.41, 5.74) is 2.92. The van der Waals surface area contributed by atoms with Crippen LogP contribution in [-0.4, -0.2) is 0 Å². The average Bonchev–Trinajstić information content (AvgIpc) is 2.46. The number of hydrogen-bond acceptors (Lipinski definition) is 0. The molecule has 0 amide bonds. The lowest BCUT2D eigenvalue weighted by Gasteiger charge is -2.00. The van der Waals surface area contributed by atoms with Crippen LogP contribution in [0.4, 0.5) is 0 Å². The standard InChI is InChI=1S/C10H16.C7H12/c1-8-4-6-9(2)10(3)7-5-8;1-4-6-7(3)5-2/h6-8H,4-5H2,1-3H3;4-5,7H,1-2,6H2,3H3/t;7-/m.0/s1. The van der Waals surface area contributed by atoms with Gasteiger partial charge >= 0.3 is 0 Å². The topological polar surface area (TPSA) is 0 Å². The Bertz CT molecular complexity index is 271. The maximum Gasteiger partial charge on any atom is -0.0230 e. The third kappa shape index (κ3) is 7.79. The van der Waals surface area contributed by atoms with Crippen molar-refractivity contribution in [3.8, 4) is 0 Å². The molecule has 0 aliphatic heterocycles. The molecule has 0 N–H and O–H groups in total. The first kappa shape index (κ1) is 16.0. The van der Waals surface area contributed by atoms with E-state index in [2.05, 4.69) is 53.0 Å². The molecule has 0 saturated heterocycles. The van der Waals surface area contributed by atoms with Crippen LogP contribution in [0.1, 0.15) is 47.0 Å². The maximum atomic E-state index is 3.63. The Labute approximate surface area is 108 Å². The molecule has 0 saturated carbocycles. The summed E-state index contributed by atoms with van der Waals surface area (Å²) in [5.74, 6) is 1.44. The van der Waals surface area contributed by atoms with Crippen molar-refractivity contribution in [2.75, 3.05) is 0 Å². The molecule has 0 aromatic rings. The van der Waals surface area contributed by atoms with Crippen LogP contribution in [-0.2, 0) is 0 Å². The molecular formula is C17H28. The second-order valence-electron chi connectivity index (χ2n) is 5.09. The fourth-order valence-corrected chi connectivity index (χ4v) is 1.53. The van der Waals surface area contributed by atoms with Gasteiger partial charge in [-0.25, -0.2) is 0 Å². The van der Waals surface area contributed by atoms with E-state index in [1.54, 1.807) is 0 Å². The van der Waals surface area contributed by atoms with Crippen LogP contribution in [0.3, 0.4) is 0 Å². The molecule has 1 atom stereocenters. The lowest BCUT2D eigenvalue weighted by atomic mass is 10.1. The normalized spacial score (nSPS) is 17.9. The molecule has 0 heterocycles. The highest BCUT2D eigenvalue weighted by Gasteiger charge is 2.03. The highest BCUT2D eigenvalue weighted by Crippen LogP contribution is 2.20. The van der Waals surface area contributed by atoms with E-state index < -0.39 is 0 Å². The fourth-order valence-electron chi connectivity index (χ4n) is 1.53. The zero-order valence-electron chi connectivity index (χ0n) is 12.0. The Morgan fingerprint density at radius 2 is 1.71 bits per heavy atom. The van der Waals surface area contributed by atoms with E-state index in [0.29, 0.717) is 5.92 Å². The summed E-state index contributed by atoms with van der Waals surface area (Å²) in [6, 6.07) is 0. The summed E-state index contributed by atoms with van der Waals surface area (Å²) >= 11 is 0. The molecule has 1 aliphatic carbocycles. The zero-order valence-corrected chi connectivity index (χ0v) is 12.0. The first-order valence-electron chi connectivity index (χ1n) is 6.58. The highest BCUT2D eigenvalue weighted by molar-refractivity contribution is 5.28. The largest absolute Gasteiger partial charge is 0.103 e. The van der Waals surface area contributed by atoms with E-state index in [1.807, 2.05) is 12.2 Å². The van der Waals surface area contributed by atoms with Gasteiger partial charge in [0.2, 0.25) is 0 Å². The second kappa shape index (κ2) is 9.04. The van der Waals surface area contributed by atoms with Crippen LogP contribution in [0.15, 0.2) is 48.6 Å². The fraction of sp³-hybridized carbons (Fsp3) is 0.529. The lowest BCUT2D eigenvalue weighted by molar-refractivity contribution is 0.605. The minimum Gasteiger partial charge on any atom is -0.103 e. The molecule has 1 aliphatic rings. The van der Waals surface area contributed by atoms with E-state index >= 15 is 0 Å². The zero-order chi connectivity index (χ0) is 13.3. The number of allylic oxidation sites excluding steroid dienone is 6. The maximum absolute atomic E-state index is 3.63. The molecule has 0 nitrogen and oxygen atoms in total. The van der Waals surface area contributed by atoms with E-state index in [0.717, 1.165) is 12.3 Å². The van der Waals surface area contributed by atoms with Gasteiger partial charge in [-0.15, -0.1) is 13.2 Å². The second-order valence-corrected chi connectivity index (χ2v) is 5.09. The van der Waals surface area contributed by atoms with Crippen molar-refractivity contribution in [1.29, 1.82) is 0 Å². The van der Waals surface area contributed by atoms with Crippen molar-refractivity contribution < 1.29 is 0 Å². The van der Waals surface area contributed by atoms with Crippen molar-refractivity contribution in [3.63, 3.8) is 0 Å². The molecule has 96 valence electrons. The molecule has 0 heteroatoms. The quantitative estimate of drug-likeness (QED) is 0.548. The Morgan fingerprint density at radius 3 is 2.00 bits per heavy atom. The Balaban J connectivity index is 0.000000325. The Morgan fingerprint density at radius 1 is 1.24 bits per heavy atom. The number of rotatable bonds is 3. The molecule has 0 radical (unpaired) electrons. The average molecular weight is 232 g/mol. The van der Waals surface area contributed by atoms with Gasteiger partial charge in [0.15, 0.2) is 0 Å². The van der Waals surface area contributed by atoms with Crippen molar-refractivity contribution in [2.24, 2.45) is 11.8 Å². The van der Waals surface area contributed by atoms with Gasteiger partial charge in [-0.1, -0.05) is 49.3 Å². The van der Waals surface area contributed by atoms with Gasteiger partial charge in [0.25, 0.3) is 0 Å². The summed E-state index contributed by atoms with van der Waals surface area (Å²) in [6.45, 7) is 16.1. The van der Waals surface area contributed by atoms with Crippen LogP contribution in [0, 0.1) is 11.8 Å². The first-order chi connectivity index (χ1) is 8.01. The van der Waals surface area contributed by atoms with Gasteiger partial charge in [-0.2, -0.15) is 0 Å². The van der Waals surface area contributed by atoms with Crippen LogP contribution in [0.25, 0.3) is 0 Å². The van der Waals surface area contributed by atoms with Gasteiger partial charge in [0.1, 0.15) is 0 Å². The Kier molecular flexibility index (Phi) is 8.49. The van der Waals surface area contributed by atoms with Crippen molar-refractivity contribution >= 4 is 0 Å². The van der Waals surface area contributed by atoms with E-state index in [-0.39, 0.29) is 0 Å². The molecule has 0 fully saturated rings. The molecule has 0 aromatic heterocycles. The summed E-state index contributed by atoms with van der Waals surface area (Å²) < 4.78 is 0. The molecule has 0 unspecified atom stereocenters. The van der Waals surface area contributed by atoms with Crippen LogP contribution < -0.4 is 0 Å². The van der Waals surface area contributed by atoms with Crippen LogP contribution >= 0.6 is 0 Å². The minimum atomic E-state index is 0.595. The SMILES string of the molecule is C=CC[C@@H](C)C=C.CC1=CCC(C)CC=C1C. The lowest BCUT2D eigenvalue weighted by Crippen LogP contribution is -1.86. The van der Waals surface area contributed by atoms with Gasteiger partial charge in [-0.05, 0) is 44.9 Å². The number of hydrogen-bond donors (Lipinski definition) is 0. The van der Waals surface area contributed by atoms with Crippen molar-refractivity contribution in [2.45, 2.75) is 47.0 Å². The van der Waals surface area contributed by atoms with Gasteiger partial charge in [0.05, 0.1) is 0 Å². The highest BCUT2D eigenvalue weighted by atomic mass is 14.1. The van der Waals surface area contributed by atoms with Crippen LogP contribution in [0.2, 0.25) is 0 Å². The summed E-state index contributed by atoms with van der Waals surface area (Å²) in [4.78, 5) is 0. The third-order valence-corrected chi connectivity index (χ3v) is 3.22. The van der Waals surface area contributed by atoms with Crippen molar-refractivity contribution in [3.05, 3.63) is 48.6 Å². The third-order valence-electron chi connectivity index (χ3n) is 3.22. The summed E-state index contributed by atoms with van der Waals surface area (Å²) in [5, 5.41) is 0. The van der Waals surface area contributed by atoms with Crippen LogP contribution in [0.5, 0.6) is 0 Å². The monoisotopic (exact) mass is 232 g/mol. The summed E-state index contributed by atoms with van der Waals surface area (Å²) in [6.07, 6.45) is 12.1. The first-order valence-corrected chi connectivity index (χ1v) is 6.58. The summed E-state index contributed by atoms with van der Waals surface area (Å²) in [7, 11) is 0. The predicted molar refractivity (Wildman–Crippen MR) is 80.1 cm³/mol. The minimum absolute atomic E-state index is 0.595. The van der Waals surface area contributed by atoms with Crippen molar-refractivity contribution in [1.82, 2.24) is 0 Å². The van der Waals surface area contributed by atoms with E-state index in [9.17, 15) is 0 Å². The smallest absolute Gasteiger partial charge is 0.0230 e. The van der Waals surface area contributed by atoms with Gasteiger partial charge < -0.3 is 0 Å². The van der Waals surface area contributed by atoms with E-state index in [4.69, 9.17) is 0 Å². The molecule has 17 heavy (non-hydrogen) atoms. The molecule has 1 rings (SSSR count). The molecule has 0 spiro atoms.